The molecule has 0 saturated carbocycles. The first-order valence-corrected chi connectivity index (χ1v) is 15.9. The summed E-state index contributed by atoms with van der Waals surface area (Å²) in [5, 5.41) is 19.0. The Kier molecular flexibility index (Phi) is 24.4. The molecule has 2 aromatic rings. The van der Waals surface area contributed by atoms with E-state index >= 15 is 0 Å². The van der Waals surface area contributed by atoms with E-state index in [-0.39, 0.29) is 0 Å². The van der Waals surface area contributed by atoms with Crippen LogP contribution < -0.4 is 5.32 Å². The molecule has 0 aliphatic carbocycles. The Balaban J connectivity index is 1.44. The highest BCUT2D eigenvalue weighted by molar-refractivity contribution is 4.86. The van der Waals surface area contributed by atoms with Crippen LogP contribution in [-0.4, -0.2) is 174 Å². The standard InChI is InChI=1S/C29H56N8O8/c1-28-26-36(33-31-28)8-14-42-20-24-44-22-18-40-12-6-35(5-11-39-17-16-38-10-4-30-3)7-13-41-19-23-45-25-21-43-15-9-37-27-29(2)32-34-37/h26-27,30H,4-25H2,1-3H3. The third-order valence-corrected chi connectivity index (χ3v) is 6.25. The number of hydrogen-bond donors (Lipinski definition) is 1. The monoisotopic (exact) mass is 644 g/mol. The van der Waals surface area contributed by atoms with E-state index in [0.717, 1.165) is 37.6 Å². The van der Waals surface area contributed by atoms with Gasteiger partial charge in [0.2, 0.25) is 0 Å². The lowest BCUT2D eigenvalue weighted by molar-refractivity contribution is -0.00364. The molecule has 16 heteroatoms. The molecule has 260 valence electrons. The minimum atomic E-state index is 0.526. The molecular weight excluding hydrogens is 588 g/mol. The summed E-state index contributed by atoms with van der Waals surface area (Å²) >= 11 is 0. The van der Waals surface area contributed by atoms with Crippen molar-refractivity contribution in [2.24, 2.45) is 0 Å². The van der Waals surface area contributed by atoms with Crippen LogP contribution >= 0.6 is 0 Å². The molecule has 0 bridgehead atoms. The van der Waals surface area contributed by atoms with Crippen molar-refractivity contribution in [3.63, 3.8) is 0 Å². The van der Waals surface area contributed by atoms with E-state index in [4.69, 9.17) is 37.9 Å². The van der Waals surface area contributed by atoms with Crippen molar-refractivity contribution in [1.82, 2.24) is 40.2 Å². The normalized spacial score (nSPS) is 11.7. The number of nitrogens with one attached hydrogen (secondary N) is 1. The predicted molar refractivity (Wildman–Crippen MR) is 166 cm³/mol. The lowest BCUT2D eigenvalue weighted by Gasteiger charge is -2.22. The van der Waals surface area contributed by atoms with Gasteiger partial charge in [-0.1, -0.05) is 10.4 Å². The molecular formula is C29H56N8O8. The maximum absolute atomic E-state index is 5.79. The van der Waals surface area contributed by atoms with E-state index in [1.54, 1.807) is 9.36 Å². The minimum Gasteiger partial charge on any atom is -0.378 e. The molecule has 0 aliphatic heterocycles. The summed E-state index contributed by atoms with van der Waals surface area (Å²) in [4.78, 5) is 2.28. The van der Waals surface area contributed by atoms with Gasteiger partial charge in [0.1, 0.15) is 0 Å². The van der Waals surface area contributed by atoms with Gasteiger partial charge in [-0.15, -0.1) is 10.2 Å². The van der Waals surface area contributed by atoms with Crippen molar-refractivity contribution >= 4 is 0 Å². The summed E-state index contributed by atoms with van der Waals surface area (Å²) in [7, 11) is 1.91. The lowest BCUT2D eigenvalue weighted by Crippen LogP contribution is -2.34. The van der Waals surface area contributed by atoms with Gasteiger partial charge in [0.05, 0.1) is 130 Å². The van der Waals surface area contributed by atoms with Crippen LogP contribution in [0, 0.1) is 13.8 Å². The quantitative estimate of drug-likeness (QED) is 0.103. The molecule has 0 radical (unpaired) electrons. The van der Waals surface area contributed by atoms with Crippen LogP contribution in [-0.2, 0) is 51.0 Å². The largest absolute Gasteiger partial charge is 0.378 e. The number of aryl methyl sites for hydroxylation is 2. The second kappa shape index (κ2) is 28.1. The molecule has 0 fully saturated rings. The smallest absolute Gasteiger partial charge is 0.0796 e. The fourth-order valence-electron chi connectivity index (χ4n) is 3.82. The van der Waals surface area contributed by atoms with Crippen LogP contribution in [0.15, 0.2) is 12.4 Å². The second-order valence-corrected chi connectivity index (χ2v) is 10.1. The van der Waals surface area contributed by atoms with E-state index in [1.165, 1.54) is 0 Å². The molecule has 0 aliphatic rings. The van der Waals surface area contributed by atoms with Gasteiger partial charge >= 0.3 is 0 Å². The second-order valence-electron chi connectivity index (χ2n) is 10.1. The number of hydrogen-bond acceptors (Lipinski definition) is 14. The van der Waals surface area contributed by atoms with Gasteiger partial charge in [-0.2, -0.15) is 0 Å². The maximum Gasteiger partial charge on any atom is 0.0796 e. The van der Waals surface area contributed by atoms with Gasteiger partial charge in [-0.05, 0) is 20.9 Å². The zero-order chi connectivity index (χ0) is 32.0. The summed E-state index contributed by atoms with van der Waals surface area (Å²) in [6.45, 7) is 17.4. The zero-order valence-electron chi connectivity index (χ0n) is 27.6. The van der Waals surface area contributed by atoms with Gasteiger partial charge in [-0.3, -0.25) is 4.90 Å². The third kappa shape index (κ3) is 22.9. The fourth-order valence-corrected chi connectivity index (χ4v) is 3.82. The highest BCUT2D eigenvalue weighted by atomic mass is 16.6. The van der Waals surface area contributed by atoms with Crippen LogP contribution in [0.2, 0.25) is 0 Å². The molecule has 45 heavy (non-hydrogen) atoms. The first kappa shape index (κ1) is 39.1. The molecule has 0 spiro atoms. The number of likely N-dealkylation sites (N-methyl/N-ethyl adjacent to an activating group) is 1. The van der Waals surface area contributed by atoms with E-state index in [1.807, 2.05) is 33.3 Å². The van der Waals surface area contributed by atoms with E-state index in [0.29, 0.717) is 119 Å². The average Bonchev–Trinajstić information content (AvgIpc) is 3.66. The van der Waals surface area contributed by atoms with Crippen LogP contribution in [0.25, 0.3) is 0 Å². The van der Waals surface area contributed by atoms with Crippen molar-refractivity contribution in [2.45, 2.75) is 26.9 Å². The third-order valence-electron chi connectivity index (χ3n) is 6.25. The molecule has 16 nitrogen and oxygen atoms in total. The minimum absolute atomic E-state index is 0.526. The van der Waals surface area contributed by atoms with Gasteiger partial charge in [0.15, 0.2) is 0 Å². The molecule has 1 N–H and O–H groups in total. The summed E-state index contributed by atoms with van der Waals surface area (Å²) in [5.41, 5.74) is 1.80. The first-order chi connectivity index (χ1) is 22.2. The van der Waals surface area contributed by atoms with Crippen LogP contribution in [0.4, 0.5) is 0 Å². The predicted octanol–water partition coefficient (Wildman–Crippen LogP) is -0.159. The van der Waals surface area contributed by atoms with E-state index < -0.39 is 0 Å². The van der Waals surface area contributed by atoms with Gasteiger partial charge in [-0.25, -0.2) is 9.36 Å². The van der Waals surface area contributed by atoms with Crippen molar-refractivity contribution < 1.29 is 37.9 Å². The lowest BCUT2D eigenvalue weighted by atomic mass is 10.4. The van der Waals surface area contributed by atoms with Gasteiger partial charge in [0.25, 0.3) is 0 Å². The van der Waals surface area contributed by atoms with Crippen molar-refractivity contribution in [3.05, 3.63) is 23.8 Å². The Hall–Kier alpha value is -2.12. The molecule has 2 rings (SSSR count). The van der Waals surface area contributed by atoms with Crippen LogP contribution in [0.5, 0.6) is 0 Å². The van der Waals surface area contributed by atoms with Crippen molar-refractivity contribution in [3.8, 4) is 0 Å². The number of rotatable bonds is 33. The summed E-state index contributed by atoms with van der Waals surface area (Å²) < 4.78 is 48.7. The molecule has 2 heterocycles. The van der Waals surface area contributed by atoms with Crippen LogP contribution in [0.3, 0.4) is 0 Å². The van der Waals surface area contributed by atoms with Crippen LogP contribution in [0.1, 0.15) is 11.4 Å². The summed E-state index contributed by atoms with van der Waals surface area (Å²) in [5.74, 6) is 0. The van der Waals surface area contributed by atoms with E-state index in [2.05, 4.69) is 30.8 Å². The number of nitrogens with zero attached hydrogens (tertiary/aromatic N) is 7. The fraction of sp³-hybridized carbons (Fsp3) is 0.862. The molecule has 0 amide bonds. The summed E-state index contributed by atoms with van der Waals surface area (Å²) in [6, 6.07) is 0. The molecule has 0 unspecified atom stereocenters. The summed E-state index contributed by atoms with van der Waals surface area (Å²) in [6.07, 6.45) is 3.78. The Labute approximate surface area is 267 Å². The molecule has 0 atom stereocenters. The van der Waals surface area contributed by atoms with E-state index in [9.17, 15) is 0 Å². The van der Waals surface area contributed by atoms with Gasteiger partial charge in [0, 0.05) is 38.6 Å². The highest BCUT2D eigenvalue weighted by Gasteiger charge is 2.06. The zero-order valence-corrected chi connectivity index (χ0v) is 27.6. The molecule has 2 aromatic heterocycles. The van der Waals surface area contributed by atoms with Gasteiger partial charge < -0.3 is 43.2 Å². The Morgan fingerprint density at radius 1 is 0.511 bits per heavy atom. The highest BCUT2D eigenvalue weighted by Crippen LogP contribution is 1.94. The topological polar surface area (TPSA) is 151 Å². The maximum atomic E-state index is 5.79. The Morgan fingerprint density at radius 2 is 0.844 bits per heavy atom. The molecule has 0 saturated heterocycles. The SMILES string of the molecule is CNCCOCCOCCN(CCOCCOCCOCCn1cc(C)nn1)CCOCCOCCOCCn1cc(C)nn1. The first-order valence-electron chi connectivity index (χ1n) is 15.9. The van der Waals surface area contributed by atoms with Crippen molar-refractivity contribution in [1.29, 1.82) is 0 Å². The Bertz CT molecular complexity index is 860. The average molecular weight is 645 g/mol. The number of aromatic nitrogens is 6. The molecule has 0 aromatic carbocycles. The number of ether oxygens (including phenoxy) is 8. The Morgan fingerprint density at radius 3 is 1.18 bits per heavy atom. The van der Waals surface area contributed by atoms with Crippen molar-refractivity contribution in [2.75, 3.05) is 139 Å².